The number of nitrogens with zero attached hydrogens (tertiary/aromatic N) is 2. The van der Waals surface area contributed by atoms with E-state index in [9.17, 15) is 4.79 Å². The van der Waals surface area contributed by atoms with Crippen molar-refractivity contribution >= 4 is 5.78 Å². The Morgan fingerprint density at radius 3 is 3.00 bits per heavy atom. The summed E-state index contributed by atoms with van der Waals surface area (Å²) in [4.78, 5) is 16.5. The highest BCUT2D eigenvalue weighted by atomic mass is 16.1. The number of rotatable bonds is 5. The molecule has 17 heavy (non-hydrogen) atoms. The van der Waals surface area contributed by atoms with Crippen molar-refractivity contribution in [3.8, 4) is 0 Å². The van der Waals surface area contributed by atoms with Crippen LogP contribution in [0.4, 0.5) is 0 Å². The molecule has 0 amide bonds. The fraction of sp³-hybridized carbons (Fsp3) is 0.714. The highest BCUT2D eigenvalue weighted by Crippen LogP contribution is 2.31. The maximum atomic E-state index is 12.2. The fourth-order valence-electron chi connectivity index (χ4n) is 2.75. The Bertz CT molecular complexity index is 383. The van der Waals surface area contributed by atoms with Crippen molar-refractivity contribution in [3.63, 3.8) is 0 Å². The molecular weight excluding hydrogens is 212 g/mol. The highest BCUT2D eigenvalue weighted by molar-refractivity contribution is 5.82. The van der Waals surface area contributed by atoms with E-state index in [0.717, 1.165) is 37.5 Å². The van der Waals surface area contributed by atoms with Crippen LogP contribution in [-0.4, -0.2) is 15.3 Å². The van der Waals surface area contributed by atoms with E-state index in [1.54, 1.807) is 6.20 Å². The molecule has 1 aromatic heterocycles. The smallest absolute Gasteiger partial charge is 0.143 e. The molecule has 0 aliphatic heterocycles. The van der Waals surface area contributed by atoms with Gasteiger partial charge in [0.15, 0.2) is 0 Å². The van der Waals surface area contributed by atoms with Crippen LogP contribution in [0.1, 0.15) is 45.4 Å². The predicted molar refractivity (Wildman–Crippen MR) is 67.7 cm³/mol. The third kappa shape index (κ3) is 2.96. The Balaban J connectivity index is 1.95. The monoisotopic (exact) mass is 234 g/mol. The zero-order chi connectivity index (χ0) is 12.3. The molecule has 1 aromatic rings. The van der Waals surface area contributed by atoms with Gasteiger partial charge in [-0.15, -0.1) is 0 Å². The second kappa shape index (κ2) is 5.48. The summed E-state index contributed by atoms with van der Waals surface area (Å²) < 4.78 is 2.11. The number of hydrogen-bond acceptors (Lipinski definition) is 2. The van der Waals surface area contributed by atoms with Gasteiger partial charge in [-0.1, -0.05) is 13.8 Å². The summed E-state index contributed by atoms with van der Waals surface area (Å²) in [6.07, 6.45) is 8.74. The lowest BCUT2D eigenvalue weighted by atomic mass is 9.98. The van der Waals surface area contributed by atoms with Gasteiger partial charge in [0.2, 0.25) is 0 Å². The Morgan fingerprint density at radius 1 is 1.53 bits per heavy atom. The molecule has 2 atom stereocenters. The van der Waals surface area contributed by atoms with E-state index in [0.29, 0.717) is 12.2 Å². The first-order valence-electron chi connectivity index (χ1n) is 6.73. The molecule has 0 bridgehead atoms. The minimum atomic E-state index is 0.289. The summed E-state index contributed by atoms with van der Waals surface area (Å²) in [6, 6.07) is 0. The third-order valence-electron chi connectivity index (χ3n) is 3.75. The molecule has 2 unspecified atom stereocenters. The minimum absolute atomic E-state index is 0.289. The van der Waals surface area contributed by atoms with E-state index in [1.807, 2.05) is 6.20 Å². The predicted octanol–water partition coefficient (Wildman–Crippen LogP) is 2.84. The maximum Gasteiger partial charge on any atom is 0.143 e. The third-order valence-corrected chi connectivity index (χ3v) is 3.75. The molecule has 3 nitrogen and oxygen atoms in total. The summed E-state index contributed by atoms with van der Waals surface area (Å²) in [5.41, 5.74) is 0. The lowest BCUT2D eigenvalue weighted by Gasteiger charge is -2.09. The maximum absolute atomic E-state index is 12.2. The van der Waals surface area contributed by atoms with Crippen molar-refractivity contribution < 1.29 is 4.79 Å². The molecule has 0 N–H and O–H groups in total. The average molecular weight is 234 g/mol. The number of Topliss-reactive ketones (excluding diaryl/α,β-unsaturated/α-hetero) is 1. The van der Waals surface area contributed by atoms with Crippen LogP contribution in [0.5, 0.6) is 0 Å². The molecule has 0 radical (unpaired) electrons. The Morgan fingerprint density at radius 2 is 2.35 bits per heavy atom. The van der Waals surface area contributed by atoms with Gasteiger partial charge in [0.05, 0.1) is 6.42 Å². The Labute approximate surface area is 103 Å². The van der Waals surface area contributed by atoms with E-state index in [4.69, 9.17) is 0 Å². The van der Waals surface area contributed by atoms with Crippen LogP contribution >= 0.6 is 0 Å². The fourth-order valence-corrected chi connectivity index (χ4v) is 2.75. The molecule has 1 heterocycles. The van der Waals surface area contributed by atoms with Crippen molar-refractivity contribution in [3.05, 3.63) is 18.2 Å². The lowest BCUT2D eigenvalue weighted by Crippen LogP contribution is -2.17. The number of carbonyl (C=O) groups excluding carboxylic acids is 1. The van der Waals surface area contributed by atoms with E-state index in [2.05, 4.69) is 23.4 Å². The molecule has 1 aliphatic rings. The van der Waals surface area contributed by atoms with Gasteiger partial charge in [0.25, 0.3) is 0 Å². The van der Waals surface area contributed by atoms with Gasteiger partial charge in [-0.25, -0.2) is 4.98 Å². The van der Waals surface area contributed by atoms with Gasteiger partial charge >= 0.3 is 0 Å². The van der Waals surface area contributed by atoms with E-state index < -0.39 is 0 Å². The van der Waals surface area contributed by atoms with Gasteiger partial charge in [-0.05, 0) is 31.6 Å². The van der Waals surface area contributed by atoms with Crippen LogP contribution in [0, 0.1) is 11.8 Å². The minimum Gasteiger partial charge on any atom is -0.335 e. The molecular formula is C14H22N2O. The Hall–Kier alpha value is -1.12. The zero-order valence-corrected chi connectivity index (χ0v) is 10.9. The second-order valence-electron chi connectivity index (χ2n) is 5.30. The lowest BCUT2D eigenvalue weighted by molar-refractivity contribution is -0.122. The molecule has 94 valence electrons. The first kappa shape index (κ1) is 12.3. The first-order valence-corrected chi connectivity index (χ1v) is 6.73. The quantitative estimate of drug-likeness (QED) is 0.785. The zero-order valence-electron chi connectivity index (χ0n) is 10.9. The van der Waals surface area contributed by atoms with Crippen molar-refractivity contribution in [1.82, 2.24) is 9.55 Å². The number of aromatic nitrogens is 2. The molecule has 0 saturated heterocycles. The van der Waals surface area contributed by atoms with Crippen molar-refractivity contribution in [2.24, 2.45) is 11.8 Å². The van der Waals surface area contributed by atoms with Crippen molar-refractivity contribution in [2.45, 2.75) is 52.5 Å². The number of aryl methyl sites for hydroxylation is 1. The summed E-state index contributed by atoms with van der Waals surface area (Å²) in [6.45, 7) is 5.35. The van der Waals surface area contributed by atoms with E-state index in [-0.39, 0.29) is 5.92 Å². The normalized spacial score (nSPS) is 24.1. The molecule has 2 rings (SSSR count). The largest absolute Gasteiger partial charge is 0.335 e. The van der Waals surface area contributed by atoms with Gasteiger partial charge in [-0.3, -0.25) is 4.79 Å². The molecule has 1 fully saturated rings. The second-order valence-corrected chi connectivity index (χ2v) is 5.30. The molecule has 0 spiro atoms. The molecule has 1 aliphatic carbocycles. The topological polar surface area (TPSA) is 34.9 Å². The van der Waals surface area contributed by atoms with E-state index >= 15 is 0 Å². The van der Waals surface area contributed by atoms with Crippen LogP contribution in [0.3, 0.4) is 0 Å². The summed E-state index contributed by atoms with van der Waals surface area (Å²) in [7, 11) is 0. The van der Waals surface area contributed by atoms with Crippen molar-refractivity contribution in [2.75, 3.05) is 0 Å². The van der Waals surface area contributed by atoms with Gasteiger partial charge < -0.3 is 4.57 Å². The van der Waals surface area contributed by atoms with Crippen LogP contribution < -0.4 is 0 Å². The average Bonchev–Trinajstić information content (AvgIpc) is 2.89. The molecule has 3 heteroatoms. The molecule has 1 saturated carbocycles. The van der Waals surface area contributed by atoms with Gasteiger partial charge in [0, 0.05) is 24.9 Å². The summed E-state index contributed by atoms with van der Waals surface area (Å²) >= 11 is 0. The number of carbonyl (C=O) groups is 1. The number of hydrogen-bond donors (Lipinski definition) is 0. The van der Waals surface area contributed by atoms with Crippen LogP contribution in [0.25, 0.3) is 0 Å². The van der Waals surface area contributed by atoms with Gasteiger partial charge in [-0.2, -0.15) is 0 Å². The number of imidazole rings is 1. The standard InChI is InChI=1S/C14H22N2O/c1-3-7-16-8-6-15-14(16)10-13(17)12-5-4-11(2)9-12/h6,8,11-12H,3-5,7,9-10H2,1-2H3. The van der Waals surface area contributed by atoms with Crippen LogP contribution in [0.2, 0.25) is 0 Å². The number of ketones is 1. The van der Waals surface area contributed by atoms with Crippen LogP contribution in [0.15, 0.2) is 12.4 Å². The Kier molecular flexibility index (Phi) is 3.97. The summed E-state index contributed by atoms with van der Waals surface area (Å²) in [5.74, 6) is 2.34. The molecule has 0 aromatic carbocycles. The summed E-state index contributed by atoms with van der Waals surface area (Å²) in [5, 5.41) is 0. The highest BCUT2D eigenvalue weighted by Gasteiger charge is 2.27. The van der Waals surface area contributed by atoms with Gasteiger partial charge in [0.1, 0.15) is 11.6 Å². The SMILES string of the molecule is CCCn1ccnc1CC(=O)C1CCC(C)C1. The van der Waals surface area contributed by atoms with Crippen LogP contribution in [-0.2, 0) is 17.8 Å². The van der Waals surface area contributed by atoms with Crippen molar-refractivity contribution in [1.29, 1.82) is 0 Å². The first-order chi connectivity index (χ1) is 8.20. The van der Waals surface area contributed by atoms with E-state index in [1.165, 1.54) is 6.42 Å².